The number of hydrogen-bond donors (Lipinski definition) is 2. The average Bonchev–Trinajstić information content (AvgIpc) is 3.01. The van der Waals surface area contributed by atoms with Gasteiger partial charge in [0.05, 0.1) is 0 Å². The molecule has 1 fully saturated rings. The Balaban J connectivity index is 2.00. The molecule has 0 aromatic heterocycles. The molecule has 0 aromatic carbocycles. The van der Waals surface area contributed by atoms with Crippen molar-refractivity contribution in [1.82, 2.24) is 5.32 Å². The highest BCUT2D eigenvalue weighted by Crippen LogP contribution is 2.33. The third-order valence-corrected chi connectivity index (χ3v) is 4.09. The van der Waals surface area contributed by atoms with Crippen LogP contribution in [0.4, 0.5) is 0 Å². The van der Waals surface area contributed by atoms with Crippen LogP contribution in [0.5, 0.6) is 0 Å². The Morgan fingerprint density at radius 3 is 2.56 bits per heavy atom. The molecule has 16 heavy (non-hydrogen) atoms. The van der Waals surface area contributed by atoms with E-state index in [-0.39, 0.29) is 0 Å². The first-order chi connectivity index (χ1) is 7.69. The van der Waals surface area contributed by atoms with E-state index in [2.05, 4.69) is 26.1 Å². The van der Waals surface area contributed by atoms with Crippen LogP contribution in [0, 0.1) is 17.8 Å². The third kappa shape index (κ3) is 4.84. The topological polar surface area (TPSA) is 38.0 Å². The zero-order valence-corrected chi connectivity index (χ0v) is 11.3. The van der Waals surface area contributed by atoms with E-state index in [4.69, 9.17) is 5.73 Å². The fourth-order valence-corrected chi connectivity index (χ4v) is 2.63. The molecule has 3 N–H and O–H groups in total. The minimum Gasteiger partial charge on any atom is -0.330 e. The molecule has 1 saturated carbocycles. The van der Waals surface area contributed by atoms with Crippen LogP contribution in [-0.2, 0) is 0 Å². The van der Waals surface area contributed by atoms with Crippen LogP contribution in [-0.4, -0.2) is 19.1 Å². The molecule has 0 aromatic rings. The van der Waals surface area contributed by atoms with Gasteiger partial charge >= 0.3 is 0 Å². The standard InChI is InChI=1S/C14H30N2/c1-4-12-10-14(12)16-9-5-6-13(7-8-15)11(2)3/h11-14,16H,4-10,15H2,1-3H3. The summed E-state index contributed by atoms with van der Waals surface area (Å²) in [5.74, 6) is 2.59. The quantitative estimate of drug-likeness (QED) is 0.593. The zero-order chi connectivity index (χ0) is 12.0. The summed E-state index contributed by atoms with van der Waals surface area (Å²) in [6.45, 7) is 8.98. The normalized spacial score (nSPS) is 26.1. The molecule has 0 amide bonds. The molecule has 0 saturated heterocycles. The van der Waals surface area contributed by atoms with Gasteiger partial charge in [-0.1, -0.05) is 27.2 Å². The Hall–Kier alpha value is -0.0800. The number of nitrogens with one attached hydrogen (secondary N) is 1. The van der Waals surface area contributed by atoms with Gasteiger partial charge in [-0.15, -0.1) is 0 Å². The SMILES string of the molecule is CCC1CC1NCCCC(CCN)C(C)C. The monoisotopic (exact) mass is 226 g/mol. The van der Waals surface area contributed by atoms with Crippen molar-refractivity contribution in [3.05, 3.63) is 0 Å². The second-order valence-corrected chi connectivity index (χ2v) is 5.69. The summed E-state index contributed by atoms with van der Waals surface area (Å²) in [4.78, 5) is 0. The summed E-state index contributed by atoms with van der Waals surface area (Å²) in [5, 5.41) is 3.66. The smallest absolute Gasteiger partial charge is 0.00990 e. The Morgan fingerprint density at radius 2 is 2.06 bits per heavy atom. The molecule has 2 nitrogen and oxygen atoms in total. The molecule has 3 atom stereocenters. The van der Waals surface area contributed by atoms with Crippen molar-refractivity contribution < 1.29 is 0 Å². The van der Waals surface area contributed by atoms with Crippen molar-refractivity contribution in [1.29, 1.82) is 0 Å². The fraction of sp³-hybridized carbons (Fsp3) is 1.00. The summed E-state index contributed by atoms with van der Waals surface area (Å²) in [6, 6.07) is 0.844. The third-order valence-electron chi connectivity index (χ3n) is 4.09. The van der Waals surface area contributed by atoms with Crippen molar-refractivity contribution in [3.63, 3.8) is 0 Å². The van der Waals surface area contributed by atoms with Gasteiger partial charge in [0.1, 0.15) is 0 Å². The molecule has 96 valence electrons. The number of hydrogen-bond acceptors (Lipinski definition) is 2. The van der Waals surface area contributed by atoms with Gasteiger partial charge in [-0.25, -0.2) is 0 Å². The van der Waals surface area contributed by atoms with E-state index in [1.165, 1.54) is 38.6 Å². The van der Waals surface area contributed by atoms with Gasteiger partial charge < -0.3 is 11.1 Å². The Kier molecular flexibility index (Phi) is 6.37. The largest absolute Gasteiger partial charge is 0.330 e. The lowest BCUT2D eigenvalue weighted by atomic mass is 9.88. The summed E-state index contributed by atoms with van der Waals surface area (Å²) in [6.07, 6.45) is 6.60. The van der Waals surface area contributed by atoms with E-state index >= 15 is 0 Å². The lowest BCUT2D eigenvalue weighted by molar-refractivity contribution is 0.330. The Labute approximate surface area is 101 Å². The predicted molar refractivity (Wildman–Crippen MR) is 71.4 cm³/mol. The molecule has 0 radical (unpaired) electrons. The maximum absolute atomic E-state index is 5.65. The highest BCUT2D eigenvalue weighted by Gasteiger charge is 2.34. The molecule has 0 spiro atoms. The van der Waals surface area contributed by atoms with Crippen LogP contribution in [0.25, 0.3) is 0 Å². The Bertz CT molecular complexity index is 180. The lowest BCUT2D eigenvalue weighted by Gasteiger charge is -2.20. The highest BCUT2D eigenvalue weighted by molar-refractivity contribution is 4.91. The van der Waals surface area contributed by atoms with Gasteiger partial charge in [-0.3, -0.25) is 0 Å². The maximum Gasteiger partial charge on any atom is 0.00990 e. The van der Waals surface area contributed by atoms with Crippen molar-refractivity contribution in [2.75, 3.05) is 13.1 Å². The van der Waals surface area contributed by atoms with Crippen LogP contribution in [0.1, 0.15) is 52.9 Å². The van der Waals surface area contributed by atoms with Gasteiger partial charge in [-0.2, -0.15) is 0 Å². The van der Waals surface area contributed by atoms with Crippen LogP contribution in [0.2, 0.25) is 0 Å². The van der Waals surface area contributed by atoms with Gasteiger partial charge in [-0.05, 0) is 56.5 Å². The molecule has 2 heteroatoms. The van der Waals surface area contributed by atoms with Crippen molar-refractivity contribution >= 4 is 0 Å². The minimum absolute atomic E-state index is 0.785. The first-order valence-electron chi connectivity index (χ1n) is 7.12. The van der Waals surface area contributed by atoms with Crippen molar-refractivity contribution in [2.24, 2.45) is 23.5 Å². The molecule has 1 aliphatic carbocycles. The summed E-state index contributed by atoms with van der Waals surface area (Å²) >= 11 is 0. The minimum atomic E-state index is 0.785. The number of rotatable bonds is 9. The summed E-state index contributed by atoms with van der Waals surface area (Å²) in [7, 11) is 0. The van der Waals surface area contributed by atoms with Crippen molar-refractivity contribution in [3.8, 4) is 0 Å². The van der Waals surface area contributed by atoms with Crippen LogP contribution >= 0.6 is 0 Å². The van der Waals surface area contributed by atoms with Gasteiger partial charge in [0.25, 0.3) is 0 Å². The second kappa shape index (κ2) is 7.29. The first kappa shape index (κ1) is 14.0. The van der Waals surface area contributed by atoms with E-state index in [9.17, 15) is 0 Å². The number of nitrogens with two attached hydrogens (primary N) is 1. The lowest BCUT2D eigenvalue weighted by Crippen LogP contribution is -2.21. The molecule has 0 bridgehead atoms. The van der Waals surface area contributed by atoms with E-state index in [1.807, 2.05) is 0 Å². The van der Waals surface area contributed by atoms with Gasteiger partial charge in [0, 0.05) is 6.04 Å². The molecule has 0 aliphatic heterocycles. The fourth-order valence-electron chi connectivity index (χ4n) is 2.63. The van der Waals surface area contributed by atoms with Crippen LogP contribution in [0.3, 0.4) is 0 Å². The van der Waals surface area contributed by atoms with E-state index < -0.39 is 0 Å². The Morgan fingerprint density at radius 1 is 1.31 bits per heavy atom. The molecular weight excluding hydrogens is 196 g/mol. The van der Waals surface area contributed by atoms with Gasteiger partial charge in [0.2, 0.25) is 0 Å². The van der Waals surface area contributed by atoms with Gasteiger partial charge in [0.15, 0.2) is 0 Å². The maximum atomic E-state index is 5.65. The molecule has 0 heterocycles. The van der Waals surface area contributed by atoms with Crippen LogP contribution in [0.15, 0.2) is 0 Å². The average molecular weight is 226 g/mol. The van der Waals surface area contributed by atoms with E-state index in [1.54, 1.807) is 0 Å². The highest BCUT2D eigenvalue weighted by atomic mass is 15.0. The van der Waals surface area contributed by atoms with Crippen molar-refractivity contribution in [2.45, 2.75) is 58.9 Å². The first-order valence-corrected chi connectivity index (χ1v) is 7.12. The van der Waals surface area contributed by atoms with E-state index in [0.29, 0.717) is 0 Å². The predicted octanol–water partition coefficient (Wildman–Crippen LogP) is 2.78. The zero-order valence-electron chi connectivity index (χ0n) is 11.3. The summed E-state index contributed by atoms with van der Waals surface area (Å²) in [5.41, 5.74) is 5.65. The summed E-state index contributed by atoms with van der Waals surface area (Å²) < 4.78 is 0. The molecule has 3 unspecified atom stereocenters. The van der Waals surface area contributed by atoms with E-state index in [0.717, 1.165) is 30.3 Å². The van der Waals surface area contributed by atoms with Crippen LogP contribution < -0.4 is 11.1 Å². The second-order valence-electron chi connectivity index (χ2n) is 5.69. The molecular formula is C14H30N2. The molecule has 1 aliphatic rings. The molecule has 1 rings (SSSR count).